The van der Waals surface area contributed by atoms with E-state index in [1.807, 2.05) is 0 Å². The number of hydrogen-bond donors (Lipinski definition) is 1. The van der Waals surface area contributed by atoms with Crippen LogP contribution >= 0.6 is 0 Å². The van der Waals surface area contributed by atoms with Crippen LogP contribution in [0.3, 0.4) is 0 Å². The number of benzene rings is 2. The van der Waals surface area contributed by atoms with Crippen LogP contribution < -0.4 is 0 Å². The first kappa shape index (κ1) is 20.0. The summed E-state index contributed by atoms with van der Waals surface area (Å²) >= 11 is 0. The largest absolute Gasteiger partial charge is 0.462 e. The van der Waals surface area contributed by atoms with Crippen molar-refractivity contribution in [3.8, 4) is 0 Å². The molecule has 0 aliphatic carbocycles. The first-order valence-electron chi connectivity index (χ1n) is 9.18. The third-order valence-corrected chi connectivity index (χ3v) is 4.61. The van der Waals surface area contributed by atoms with Crippen LogP contribution in [0, 0.1) is 5.82 Å². The number of esters is 1. The van der Waals surface area contributed by atoms with Crippen LogP contribution in [0.2, 0.25) is 0 Å². The lowest BCUT2D eigenvalue weighted by Gasteiger charge is -2.36. The number of piperidine rings is 1. The summed E-state index contributed by atoms with van der Waals surface area (Å²) in [5, 5.41) is 11.5. The molecule has 0 bridgehead atoms. The molecule has 1 saturated heterocycles. The number of ether oxygens (including phenoxy) is 1. The Kier molecular flexibility index (Phi) is 6.38. The van der Waals surface area contributed by atoms with E-state index < -0.39 is 29.9 Å². The van der Waals surface area contributed by atoms with E-state index in [4.69, 9.17) is 9.57 Å². The normalized spacial score (nSPS) is 19.8. The minimum Gasteiger partial charge on any atom is -0.462 e. The smallest absolute Gasteiger partial charge is 0.357 e. The summed E-state index contributed by atoms with van der Waals surface area (Å²) in [4.78, 5) is 29.7. The van der Waals surface area contributed by atoms with Crippen LogP contribution in [0.5, 0.6) is 0 Å². The Hall–Kier alpha value is -2.77. The van der Waals surface area contributed by atoms with Crippen molar-refractivity contribution < 1.29 is 28.7 Å². The van der Waals surface area contributed by atoms with Gasteiger partial charge in [-0.2, -0.15) is 0 Å². The molecule has 0 spiro atoms. The molecule has 0 amide bonds. The van der Waals surface area contributed by atoms with Gasteiger partial charge < -0.3 is 14.7 Å². The molecule has 1 unspecified atom stereocenters. The van der Waals surface area contributed by atoms with E-state index in [1.165, 1.54) is 17.2 Å². The molecule has 2 atom stereocenters. The second-order valence-corrected chi connectivity index (χ2v) is 6.54. The maximum Gasteiger partial charge on any atom is 0.357 e. The van der Waals surface area contributed by atoms with Crippen molar-refractivity contribution in [2.24, 2.45) is 0 Å². The number of carbonyl (C=O) groups is 2. The fourth-order valence-corrected chi connectivity index (χ4v) is 3.18. The van der Waals surface area contributed by atoms with Crippen molar-refractivity contribution in [2.45, 2.75) is 31.9 Å². The van der Waals surface area contributed by atoms with Crippen molar-refractivity contribution in [2.75, 3.05) is 13.2 Å². The number of hydrogen-bond acceptors (Lipinski definition) is 6. The number of nitrogens with zero attached hydrogens (tertiary/aromatic N) is 1. The van der Waals surface area contributed by atoms with Crippen LogP contribution in [0.1, 0.15) is 52.1 Å². The van der Waals surface area contributed by atoms with Gasteiger partial charge in [0.15, 0.2) is 0 Å². The summed E-state index contributed by atoms with van der Waals surface area (Å²) < 4.78 is 19.3. The average molecular weight is 387 g/mol. The predicted octanol–water partition coefficient (Wildman–Crippen LogP) is 3.27. The zero-order valence-electron chi connectivity index (χ0n) is 15.5. The first-order valence-corrected chi connectivity index (χ1v) is 9.18. The fraction of sp³-hybridized carbons (Fsp3) is 0.333. The summed E-state index contributed by atoms with van der Waals surface area (Å²) in [5.41, 5.74) is 0.746. The average Bonchev–Trinajstić information content (AvgIpc) is 2.70. The van der Waals surface area contributed by atoms with E-state index in [2.05, 4.69) is 0 Å². The highest BCUT2D eigenvalue weighted by atomic mass is 19.1. The lowest BCUT2D eigenvalue weighted by molar-refractivity contribution is -0.167. The van der Waals surface area contributed by atoms with Crippen LogP contribution in [0.4, 0.5) is 4.39 Å². The third-order valence-electron chi connectivity index (χ3n) is 4.61. The number of halogens is 1. The molecule has 1 aliphatic heterocycles. The Morgan fingerprint density at radius 1 is 1.18 bits per heavy atom. The molecular formula is C21H22FNO5. The van der Waals surface area contributed by atoms with Gasteiger partial charge in [-0.25, -0.2) is 14.0 Å². The maximum atomic E-state index is 14.4. The standard InChI is InChI=1S/C21H22FNO5/c1-2-27-21(26)17-9-8-15(12-18(17)22)19-13-16(24)10-11-23(19)28-20(25)14-6-4-3-5-7-14/h3-9,12,16,19,24H,2,10-11,13H2,1H3/t16?,19-/m0/s1. The van der Waals surface area contributed by atoms with Gasteiger partial charge in [-0.05, 0) is 49.6 Å². The molecule has 1 heterocycles. The lowest BCUT2D eigenvalue weighted by atomic mass is 9.94. The molecular weight excluding hydrogens is 365 g/mol. The van der Waals surface area contributed by atoms with Gasteiger partial charge in [-0.3, -0.25) is 0 Å². The summed E-state index contributed by atoms with van der Waals surface area (Å²) in [6.07, 6.45) is 0.117. The van der Waals surface area contributed by atoms with E-state index in [-0.39, 0.29) is 18.6 Å². The molecule has 2 aromatic rings. The van der Waals surface area contributed by atoms with E-state index in [9.17, 15) is 19.1 Å². The Balaban J connectivity index is 1.81. The number of hydroxylamine groups is 2. The van der Waals surface area contributed by atoms with Gasteiger partial charge in [0.1, 0.15) is 5.82 Å². The Bertz CT molecular complexity index is 842. The van der Waals surface area contributed by atoms with Crippen molar-refractivity contribution in [3.05, 3.63) is 71.0 Å². The highest BCUT2D eigenvalue weighted by Gasteiger charge is 2.32. The number of aliphatic hydroxyl groups is 1. The van der Waals surface area contributed by atoms with Gasteiger partial charge in [0, 0.05) is 6.54 Å². The molecule has 7 heteroatoms. The van der Waals surface area contributed by atoms with Crippen molar-refractivity contribution in [1.82, 2.24) is 5.06 Å². The summed E-state index contributed by atoms with van der Waals surface area (Å²) in [6.45, 7) is 2.11. The van der Waals surface area contributed by atoms with E-state index in [1.54, 1.807) is 43.3 Å². The summed E-state index contributed by atoms with van der Waals surface area (Å²) in [7, 11) is 0. The highest BCUT2D eigenvalue weighted by molar-refractivity contribution is 5.90. The monoisotopic (exact) mass is 387 g/mol. The number of carbonyl (C=O) groups excluding carboxylic acids is 2. The van der Waals surface area contributed by atoms with Crippen LogP contribution in [-0.4, -0.2) is 41.4 Å². The van der Waals surface area contributed by atoms with Gasteiger partial charge in [0.25, 0.3) is 0 Å². The zero-order chi connectivity index (χ0) is 20.1. The predicted molar refractivity (Wildman–Crippen MR) is 98.9 cm³/mol. The molecule has 1 aliphatic rings. The topological polar surface area (TPSA) is 76.1 Å². The van der Waals surface area contributed by atoms with Gasteiger partial charge >= 0.3 is 11.9 Å². The molecule has 0 saturated carbocycles. The Morgan fingerprint density at radius 3 is 2.61 bits per heavy atom. The molecule has 148 valence electrons. The molecule has 0 radical (unpaired) electrons. The van der Waals surface area contributed by atoms with Crippen LogP contribution in [0.15, 0.2) is 48.5 Å². The molecule has 6 nitrogen and oxygen atoms in total. The molecule has 1 N–H and O–H groups in total. The molecule has 0 aromatic heterocycles. The number of aliphatic hydroxyl groups excluding tert-OH is 1. The maximum absolute atomic E-state index is 14.4. The SMILES string of the molecule is CCOC(=O)c1ccc([C@@H]2CC(O)CCN2OC(=O)c2ccccc2)cc1F. The zero-order valence-corrected chi connectivity index (χ0v) is 15.5. The third kappa shape index (κ3) is 4.55. The van der Waals surface area contributed by atoms with Crippen molar-refractivity contribution >= 4 is 11.9 Å². The minimum atomic E-state index is -0.734. The summed E-state index contributed by atoms with van der Waals surface area (Å²) in [5.74, 6) is -1.97. The summed E-state index contributed by atoms with van der Waals surface area (Å²) in [6, 6.07) is 12.2. The fourth-order valence-electron chi connectivity index (χ4n) is 3.18. The first-order chi connectivity index (χ1) is 13.5. The molecule has 1 fully saturated rings. The molecule has 3 rings (SSSR count). The Labute approximate surface area is 162 Å². The Morgan fingerprint density at radius 2 is 1.93 bits per heavy atom. The minimum absolute atomic E-state index is 0.151. The van der Waals surface area contributed by atoms with Crippen molar-refractivity contribution in [1.29, 1.82) is 0 Å². The molecule has 28 heavy (non-hydrogen) atoms. The van der Waals surface area contributed by atoms with E-state index >= 15 is 0 Å². The number of rotatable bonds is 5. The van der Waals surface area contributed by atoms with Crippen LogP contribution in [0.25, 0.3) is 0 Å². The highest BCUT2D eigenvalue weighted by Crippen LogP contribution is 2.32. The van der Waals surface area contributed by atoms with Crippen molar-refractivity contribution in [3.63, 3.8) is 0 Å². The van der Waals surface area contributed by atoms with E-state index in [0.717, 1.165) is 0 Å². The lowest BCUT2D eigenvalue weighted by Crippen LogP contribution is -2.40. The molecule has 2 aromatic carbocycles. The van der Waals surface area contributed by atoms with Crippen LogP contribution in [-0.2, 0) is 9.57 Å². The van der Waals surface area contributed by atoms with Gasteiger partial charge in [-0.15, -0.1) is 5.06 Å². The van der Waals surface area contributed by atoms with Gasteiger partial charge in [0.2, 0.25) is 0 Å². The van der Waals surface area contributed by atoms with Gasteiger partial charge in [-0.1, -0.05) is 24.3 Å². The quantitative estimate of drug-likeness (QED) is 0.794. The second kappa shape index (κ2) is 8.95. The van der Waals surface area contributed by atoms with E-state index in [0.29, 0.717) is 24.1 Å². The second-order valence-electron chi connectivity index (χ2n) is 6.54. The van der Waals surface area contributed by atoms with Gasteiger partial charge in [0.05, 0.1) is 29.9 Å².